The Hall–Kier alpha value is -2.07. The van der Waals surface area contributed by atoms with Crippen molar-refractivity contribution in [2.24, 2.45) is 5.41 Å². The molecule has 1 atom stereocenters. The molecule has 1 heterocycles. The molecule has 1 aliphatic rings. The number of esters is 1. The van der Waals surface area contributed by atoms with Crippen LogP contribution in [-0.4, -0.2) is 25.3 Å². The molecule has 0 spiro atoms. The van der Waals surface area contributed by atoms with Crippen LogP contribution in [0.25, 0.3) is 10.8 Å². The van der Waals surface area contributed by atoms with Gasteiger partial charge in [-0.05, 0) is 32.4 Å². The van der Waals surface area contributed by atoms with E-state index in [1.54, 1.807) is 0 Å². The largest absolute Gasteiger partial charge is 0.490 e. The molecule has 0 aromatic heterocycles. The minimum Gasteiger partial charge on any atom is -0.490 e. The van der Waals surface area contributed by atoms with E-state index in [2.05, 4.69) is 0 Å². The predicted octanol–water partition coefficient (Wildman–Crippen LogP) is 3.96. The highest BCUT2D eigenvalue weighted by molar-refractivity contribution is 5.95. The Balaban J connectivity index is 1.89. The Morgan fingerprint density at radius 3 is 2.39 bits per heavy atom. The second-order valence-electron chi connectivity index (χ2n) is 6.50. The Bertz CT molecular complexity index is 716. The van der Waals surface area contributed by atoms with Gasteiger partial charge in [0.25, 0.3) is 0 Å². The molecule has 0 saturated carbocycles. The van der Waals surface area contributed by atoms with Crippen LogP contribution >= 0.6 is 0 Å². The van der Waals surface area contributed by atoms with E-state index in [0.29, 0.717) is 12.4 Å². The summed E-state index contributed by atoms with van der Waals surface area (Å²) in [6.45, 7) is 7.08. The summed E-state index contributed by atoms with van der Waals surface area (Å²) in [5.74, 6) is 1.14. The van der Waals surface area contributed by atoms with Gasteiger partial charge in [0.05, 0.1) is 12.0 Å². The first kappa shape index (κ1) is 15.8. The summed E-state index contributed by atoms with van der Waals surface area (Å²) in [6.07, 6.45) is 0.934. The molecule has 122 valence electrons. The van der Waals surface area contributed by atoms with Gasteiger partial charge < -0.3 is 14.2 Å². The van der Waals surface area contributed by atoms with E-state index >= 15 is 0 Å². The Labute approximate surface area is 136 Å². The van der Waals surface area contributed by atoms with Crippen molar-refractivity contribution in [1.82, 2.24) is 0 Å². The molecule has 3 rings (SSSR count). The number of hydrogen-bond acceptors (Lipinski definition) is 4. The van der Waals surface area contributed by atoms with Crippen molar-refractivity contribution in [3.05, 3.63) is 36.4 Å². The third kappa shape index (κ3) is 3.48. The van der Waals surface area contributed by atoms with Crippen LogP contribution in [0, 0.1) is 5.41 Å². The third-order valence-corrected chi connectivity index (χ3v) is 4.31. The monoisotopic (exact) mass is 314 g/mol. The van der Waals surface area contributed by atoms with Gasteiger partial charge in [-0.1, -0.05) is 31.2 Å². The van der Waals surface area contributed by atoms with E-state index in [1.807, 2.05) is 57.2 Å². The fourth-order valence-electron chi connectivity index (χ4n) is 2.20. The first-order chi connectivity index (χ1) is 11.0. The van der Waals surface area contributed by atoms with Crippen LogP contribution in [0.2, 0.25) is 0 Å². The van der Waals surface area contributed by atoms with Crippen LogP contribution in [0.5, 0.6) is 11.5 Å². The van der Waals surface area contributed by atoms with Gasteiger partial charge in [0, 0.05) is 10.8 Å². The van der Waals surface area contributed by atoms with Gasteiger partial charge >= 0.3 is 5.97 Å². The zero-order valence-electron chi connectivity index (χ0n) is 13.8. The molecule has 0 amide bonds. The van der Waals surface area contributed by atoms with E-state index in [1.165, 1.54) is 0 Å². The summed E-state index contributed by atoms with van der Waals surface area (Å²) in [7, 11) is 0. The number of carbonyl (C=O) groups is 1. The molecule has 1 unspecified atom stereocenters. The van der Waals surface area contributed by atoms with Gasteiger partial charge in [0.2, 0.25) is 0 Å². The number of rotatable bonds is 6. The van der Waals surface area contributed by atoms with Gasteiger partial charge in [-0.25, -0.2) is 0 Å². The second-order valence-corrected chi connectivity index (χ2v) is 6.50. The van der Waals surface area contributed by atoms with Crippen molar-refractivity contribution in [1.29, 1.82) is 0 Å². The normalized spacial score (nSPS) is 17.1. The molecule has 1 aliphatic heterocycles. The van der Waals surface area contributed by atoms with E-state index < -0.39 is 5.41 Å². The summed E-state index contributed by atoms with van der Waals surface area (Å²) < 4.78 is 16.7. The average molecular weight is 314 g/mol. The highest BCUT2D eigenvalue weighted by atomic mass is 16.6. The summed E-state index contributed by atoms with van der Waals surface area (Å²) >= 11 is 0. The summed E-state index contributed by atoms with van der Waals surface area (Å²) in [4.78, 5) is 12.3. The SMILES string of the molecule is CCC(C)(C)C(=O)Oc1cccc2c(OCC3CO3)cccc12. The molecule has 0 N–H and O–H groups in total. The zero-order chi connectivity index (χ0) is 16.4. The lowest BCUT2D eigenvalue weighted by molar-refractivity contribution is -0.144. The Morgan fingerprint density at radius 2 is 1.78 bits per heavy atom. The number of carbonyl (C=O) groups excluding carboxylic acids is 1. The maximum absolute atomic E-state index is 12.3. The van der Waals surface area contributed by atoms with Crippen LogP contribution in [0.1, 0.15) is 27.2 Å². The van der Waals surface area contributed by atoms with Crippen molar-refractivity contribution in [3.63, 3.8) is 0 Å². The molecule has 1 fully saturated rings. The van der Waals surface area contributed by atoms with E-state index in [-0.39, 0.29) is 12.1 Å². The standard InChI is InChI=1S/C19H22O4/c1-4-19(2,3)18(20)23-17-10-6-7-14-15(17)8-5-9-16(14)22-12-13-11-21-13/h5-10,13H,4,11-12H2,1-3H3. The molecular weight excluding hydrogens is 292 g/mol. The number of benzene rings is 2. The van der Waals surface area contributed by atoms with Gasteiger partial charge in [-0.2, -0.15) is 0 Å². The molecule has 4 nitrogen and oxygen atoms in total. The minimum absolute atomic E-state index is 0.205. The van der Waals surface area contributed by atoms with Crippen molar-refractivity contribution < 1.29 is 19.0 Å². The molecule has 2 aromatic rings. The van der Waals surface area contributed by atoms with Crippen molar-refractivity contribution in [2.75, 3.05) is 13.2 Å². The first-order valence-electron chi connectivity index (χ1n) is 7.99. The fourth-order valence-corrected chi connectivity index (χ4v) is 2.20. The van der Waals surface area contributed by atoms with E-state index in [4.69, 9.17) is 14.2 Å². The maximum Gasteiger partial charge on any atom is 0.316 e. The number of epoxide rings is 1. The van der Waals surface area contributed by atoms with Crippen LogP contribution in [-0.2, 0) is 9.53 Å². The summed E-state index contributed by atoms with van der Waals surface area (Å²) in [5.41, 5.74) is -0.500. The van der Waals surface area contributed by atoms with Crippen LogP contribution in [0.15, 0.2) is 36.4 Å². The van der Waals surface area contributed by atoms with Crippen molar-refractivity contribution in [2.45, 2.75) is 33.3 Å². The van der Waals surface area contributed by atoms with Crippen LogP contribution in [0.3, 0.4) is 0 Å². The van der Waals surface area contributed by atoms with Crippen molar-refractivity contribution >= 4 is 16.7 Å². The number of hydrogen-bond donors (Lipinski definition) is 0. The van der Waals surface area contributed by atoms with Crippen LogP contribution in [0.4, 0.5) is 0 Å². The van der Waals surface area contributed by atoms with Gasteiger partial charge in [-0.3, -0.25) is 4.79 Å². The smallest absolute Gasteiger partial charge is 0.316 e. The lowest BCUT2D eigenvalue weighted by Gasteiger charge is -2.21. The lowest BCUT2D eigenvalue weighted by atomic mass is 9.90. The van der Waals surface area contributed by atoms with Gasteiger partial charge in [0.15, 0.2) is 0 Å². The number of fused-ring (bicyclic) bond motifs is 1. The zero-order valence-corrected chi connectivity index (χ0v) is 13.8. The maximum atomic E-state index is 12.3. The molecule has 0 radical (unpaired) electrons. The quantitative estimate of drug-likeness (QED) is 0.460. The molecule has 4 heteroatoms. The highest BCUT2D eigenvalue weighted by Gasteiger charge is 2.28. The van der Waals surface area contributed by atoms with E-state index in [9.17, 15) is 4.79 Å². The van der Waals surface area contributed by atoms with Gasteiger partial charge in [-0.15, -0.1) is 0 Å². The second kappa shape index (κ2) is 6.20. The minimum atomic E-state index is -0.500. The Kier molecular flexibility index (Phi) is 4.26. The molecule has 0 bridgehead atoms. The lowest BCUT2D eigenvalue weighted by Crippen LogP contribution is -2.28. The highest BCUT2D eigenvalue weighted by Crippen LogP contribution is 2.34. The van der Waals surface area contributed by atoms with Crippen LogP contribution < -0.4 is 9.47 Å². The first-order valence-corrected chi connectivity index (χ1v) is 7.99. The van der Waals surface area contributed by atoms with Gasteiger partial charge in [0.1, 0.15) is 24.2 Å². The number of ether oxygens (including phenoxy) is 3. The topological polar surface area (TPSA) is 48.1 Å². The Morgan fingerprint density at radius 1 is 1.17 bits per heavy atom. The third-order valence-electron chi connectivity index (χ3n) is 4.31. The molecule has 0 aliphatic carbocycles. The molecule has 23 heavy (non-hydrogen) atoms. The molecule has 2 aromatic carbocycles. The fraction of sp³-hybridized carbons (Fsp3) is 0.421. The van der Waals surface area contributed by atoms with Crippen molar-refractivity contribution in [3.8, 4) is 11.5 Å². The molecule has 1 saturated heterocycles. The summed E-state index contributed by atoms with van der Waals surface area (Å²) in [6, 6.07) is 11.4. The molecular formula is C19H22O4. The summed E-state index contributed by atoms with van der Waals surface area (Å²) in [5, 5.41) is 1.81. The average Bonchev–Trinajstić information content (AvgIpc) is 3.37. The van der Waals surface area contributed by atoms with E-state index in [0.717, 1.165) is 29.5 Å². The predicted molar refractivity (Wildman–Crippen MR) is 88.9 cm³/mol.